The first-order chi connectivity index (χ1) is 9.25. The Balaban J connectivity index is 3.22. The Morgan fingerprint density at radius 1 is 1.29 bits per heavy atom. The second-order valence-electron chi connectivity index (χ2n) is 5.22. The molecule has 0 saturated carbocycles. The highest BCUT2D eigenvalue weighted by Gasteiger charge is 2.33. The van der Waals surface area contributed by atoms with Crippen LogP contribution in [0.25, 0.3) is 0 Å². The minimum atomic E-state index is -4.61. The fraction of sp³-hybridized carbons (Fsp3) is 0.500. The number of benzene rings is 1. The highest BCUT2D eigenvalue weighted by atomic mass is 35.5. The van der Waals surface area contributed by atoms with Crippen molar-refractivity contribution >= 4 is 21.6 Å². The number of hydrogen-bond acceptors (Lipinski definition) is 3. The summed E-state index contributed by atoms with van der Waals surface area (Å²) in [5, 5.41) is 9.11. The second-order valence-corrected chi connectivity index (χ2v) is 7.64. The third-order valence-corrected chi connectivity index (χ3v) is 4.84. The summed E-state index contributed by atoms with van der Waals surface area (Å²) in [4.78, 5) is -0.441. The summed E-state index contributed by atoms with van der Waals surface area (Å²) in [6.07, 6.45) is -4.61. The van der Waals surface area contributed by atoms with Crippen molar-refractivity contribution in [1.29, 1.82) is 0 Å². The Hall–Kier alpha value is -0.830. The SMILES string of the molecule is CN(CC(C)(C)O)S(=O)(=O)c1ccc(C(F)(F)F)cc1Cl. The molecule has 0 radical (unpaired) electrons. The summed E-state index contributed by atoms with van der Waals surface area (Å²) in [7, 11) is -2.88. The molecule has 0 unspecified atom stereocenters. The van der Waals surface area contributed by atoms with Gasteiger partial charge in [0, 0.05) is 13.6 Å². The van der Waals surface area contributed by atoms with Crippen LogP contribution in [-0.2, 0) is 16.2 Å². The van der Waals surface area contributed by atoms with Crippen molar-refractivity contribution in [2.75, 3.05) is 13.6 Å². The third kappa shape index (κ3) is 4.57. The van der Waals surface area contributed by atoms with E-state index in [1.165, 1.54) is 20.9 Å². The van der Waals surface area contributed by atoms with Gasteiger partial charge in [-0.1, -0.05) is 11.6 Å². The average Bonchev–Trinajstić information content (AvgIpc) is 2.24. The van der Waals surface area contributed by atoms with Crippen molar-refractivity contribution in [2.45, 2.75) is 30.5 Å². The number of likely N-dealkylation sites (N-methyl/N-ethyl adjacent to an activating group) is 1. The Bertz CT molecular complexity index is 624. The molecular formula is C12H15ClF3NO3S. The summed E-state index contributed by atoms with van der Waals surface area (Å²) < 4.78 is 62.9. The molecule has 0 aliphatic heterocycles. The van der Waals surface area contributed by atoms with Gasteiger partial charge in [0.25, 0.3) is 0 Å². The van der Waals surface area contributed by atoms with Gasteiger partial charge < -0.3 is 5.11 Å². The van der Waals surface area contributed by atoms with Crippen LogP contribution in [0, 0.1) is 0 Å². The number of hydrogen-bond donors (Lipinski definition) is 1. The van der Waals surface area contributed by atoms with Gasteiger partial charge >= 0.3 is 6.18 Å². The molecule has 120 valence electrons. The molecule has 21 heavy (non-hydrogen) atoms. The van der Waals surface area contributed by atoms with E-state index < -0.39 is 37.3 Å². The average molecular weight is 346 g/mol. The maximum absolute atomic E-state index is 12.5. The maximum Gasteiger partial charge on any atom is 0.416 e. The normalized spacial score (nSPS) is 13.8. The first-order valence-corrected chi connectivity index (χ1v) is 7.62. The molecule has 0 saturated heterocycles. The van der Waals surface area contributed by atoms with E-state index in [0.717, 1.165) is 10.4 Å². The molecule has 0 spiro atoms. The topological polar surface area (TPSA) is 57.6 Å². The van der Waals surface area contributed by atoms with E-state index in [2.05, 4.69) is 0 Å². The standard InChI is InChI=1S/C12H15ClF3NO3S/c1-11(2,18)7-17(3)21(19,20)10-5-4-8(6-9(10)13)12(14,15)16/h4-6,18H,7H2,1-3H3. The van der Waals surface area contributed by atoms with E-state index in [1.54, 1.807) is 0 Å². The fourth-order valence-electron chi connectivity index (χ4n) is 1.68. The van der Waals surface area contributed by atoms with Crippen molar-refractivity contribution in [2.24, 2.45) is 0 Å². The monoisotopic (exact) mass is 345 g/mol. The molecule has 0 aliphatic carbocycles. The summed E-state index contributed by atoms with van der Waals surface area (Å²) in [6.45, 7) is 2.59. The van der Waals surface area contributed by atoms with Crippen molar-refractivity contribution < 1.29 is 26.7 Å². The minimum absolute atomic E-state index is 0.229. The zero-order valence-corrected chi connectivity index (χ0v) is 13.1. The lowest BCUT2D eigenvalue weighted by molar-refractivity contribution is -0.137. The van der Waals surface area contributed by atoms with Gasteiger partial charge in [0.1, 0.15) is 4.90 Å². The maximum atomic E-state index is 12.5. The first-order valence-electron chi connectivity index (χ1n) is 5.80. The lowest BCUT2D eigenvalue weighted by Crippen LogP contribution is -2.39. The number of sulfonamides is 1. The van der Waals surface area contributed by atoms with E-state index in [0.29, 0.717) is 12.1 Å². The quantitative estimate of drug-likeness (QED) is 0.913. The van der Waals surface area contributed by atoms with Crippen LogP contribution >= 0.6 is 11.6 Å². The summed E-state index contributed by atoms with van der Waals surface area (Å²) in [5.41, 5.74) is -2.32. The minimum Gasteiger partial charge on any atom is -0.389 e. The largest absolute Gasteiger partial charge is 0.416 e. The van der Waals surface area contributed by atoms with Gasteiger partial charge in [-0.05, 0) is 32.0 Å². The van der Waals surface area contributed by atoms with Gasteiger partial charge in [0.05, 0.1) is 16.2 Å². The lowest BCUT2D eigenvalue weighted by Gasteiger charge is -2.25. The highest BCUT2D eigenvalue weighted by molar-refractivity contribution is 7.89. The first kappa shape index (κ1) is 18.2. The van der Waals surface area contributed by atoms with Crippen LogP contribution in [0.1, 0.15) is 19.4 Å². The van der Waals surface area contributed by atoms with Crippen LogP contribution in [0.3, 0.4) is 0 Å². The van der Waals surface area contributed by atoms with Gasteiger partial charge in [-0.15, -0.1) is 0 Å². The molecule has 9 heteroatoms. The van der Waals surface area contributed by atoms with Crippen molar-refractivity contribution in [3.8, 4) is 0 Å². The zero-order chi connectivity index (χ0) is 16.6. The number of aliphatic hydroxyl groups is 1. The zero-order valence-electron chi connectivity index (χ0n) is 11.6. The molecule has 1 N–H and O–H groups in total. The summed E-state index contributed by atoms with van der Waals surface area (Å²) >= 11 is 5.67. The Kier molecular flexibility index (Phi) is 4.99. The number of rotatable bonds is 4. The Labute approximate surface area is 126 Å². The van der Waals surface area contributed by atoms with Crippen molar-refractivity contribution in [1.82, 2.24) is 4.31 Å². The molecule has 0 fully saturated rings. The molecule has 0 heterocycles. The number of halogens is 4. The summed E-state index contributed by atoms with van der Waals surface area (Å²) in [5.74, 6) is 0. The van der Waals surface area contributed by atoms with Crippen LogP contribution in [0.15, 0.2) is 23.1 Å². The molecule has 4 nitrogen and oxygen atoms in total. The van der Waals surface area contributed by atoms with Gasteiger partial charge in [0.15, 0.2) is 0 Å². The highest BCUT2D eigenvalue weighted by Crippen LogP contribution is 2.34. The van der Waals surface area contributed by atoms with Gasteiger partial charge in [0.2, 0.25) is 10.0 Å². The number of nitrogens with zero attached hydrogens (tertiary/aromatic N) is 1. The molecule has 0 bridgehead atoms. The van der Waals surface area contributed by atoms with Crippen molar-refractivity contribution in [3.63, 3.8) is 0 Å². The Morgan fingerprint density at radius 2 is 1.81 bits per heavy atom. The van der Waals surface area contributed by atoms with E-state index in [4.69, 9.17) is 11.6 Å². The molecule has 0 amide bonds. The third-order valence-electron chi connectivity index (χ3n) is 2.56. The van der Waals surface area contributed by atoms with E-state index in [1.807, 2.05) is 0 Å². The Morgan fingerprint density at radius 3 is 2.19 bits per heavy atom. The van der Waals surface area contributed by atoms with Crippen LogP contribution in [0.4, 0.5) is 13.2 Å². The molecule has 0 atom stereocenters. The van der Waals surface area contributed by atoms with Crippen LogP contribution < -0.4 is 0 Å². The van der Waals surface area contributed by atoms with Crippen LogP contribution in [0.2, 0.25) is 5.02 Å². The van der Waals surface area contributed by atoms with E-state index in [-0.39, 0.29) is 6.54 Å². The lowest BCUT2D eigenvalue weighted by atomic mass is 10.1. The van der Waals surface area contributed by atoms with Gasteiger partial charge in [-0.2, -0.15) is 17.5 Å². The van der Waals surface area contributed by atoms with E-state index >= 15 is 0 Å². The molecule has 0 aliphatic rings. The number of alkyl halides is 3. The molecule has 1 aromatic carbocycles. The smallest absolute Gasteiger partial charge is 0.389 e. The van der Waals surface area contributed by atoms with Crippen molar-refractivity contribution in [3.05, 3.63) is 28.8 Å². The molecule has 0 aromatic heterocycles. The molecule has 1 rings (SSSR count). The second kappa shape index (κ2) is 5.75. The fourth-order valence-corrected chi connectivity index (χ4v) is 3.52. The van der Waals surface area contributed by atoms with Gasteiger partial charge in [-0.3, -0.25) is 0 Å². The molecular weight excluding hydrogens is 331 g/mol. The molecule has 1 aromatic rings. The predicted molar refractivity (Wildman–Crippen MR) is 72.6 cm³/mol. The van der Waals surface area contributed by atoms with Crippen LogP contribution in [-0.4, -0.2) is 37.0 Å². The van der Waals surface area contributed by atoms with Crippen LogP contribution in [0.5, 0.6) is 0 Å². The van der Waals surface area contributed by atoms with E-state index in [9.17, 15) is 26.7 Å². The summed E-state index contributed by atoms with van der Waals surface area (Å²) in [6, 6.07) is 2.02. The predicted octanol–water partition coefficient (Wildman–Crippen LogP) is 2.75. The van der Waals surface area contributed by atoms with Gasteiger partial charge in [-0.25, -0.2) is 8.42 Å².